The lowest BCUT2D eigenvalue weighted by Crippen LogP contribution is -2.54. The van der Waals surface area contributed by atoms with Crippen LogP contribution in [0.1, 0.15) is 44.7 Å². The molecule has 3 amide bonds. The first kappa shape index (κ1) is 28.5. The van der Waals surface area contributed by atoms with Crippen molar-refractivity contribution in [2.24, 2.45) is 0 Å². The van der Waals surface area contributed by atoms with Gasteiger partial charge < -0.3 is 21.1 Å². The summed E-state index contributed by atoms with van der Waals surface area (Å²) in [4.78, 5) is 52.2. The van der Waals surface area contributed by atoms with Crippen LogP contribution in [0.3, 0.4) is 0 Å². The van der Waals surface area contributed by atoms with Crippen molar-refractivity contribution in [3.8, 4) is 0 Å². The molecule has 0 aliphatic carbocycles. The molecule has 1 spiro atoms. The molecule has 11 heteroatoms. The molecular formula is C25H36N4O5S2. The van der Waals surface area contributed by atoms with E-state index >= 15 is 0 Å². The fourth-order valence-corrected chi connectivity index (χ4v) is 8.02. The molecule has 3 rings (SSSR count). The van der Waals surface area contributed by atoms with Gasteiger partial charge in [0.15, 0.2) is 11.9 Å². The minimum atomic E-state index is -1.50. The number of carbonyl (C=O) groups excluding carboxylic acids is 4. The topological polar surface area (TPSA) is 128 Å². The Balaban J connectivity index is 1.53. The lowest BCUT2D eigenvalue weighted by Gasteiger charge is -2.26. The average molecular weight is 537 g/mol. The Bertz CT molecular complexity index is 942. The molecular weight excluding hydrogens is 500 g/mol. The summed E-state index contributed by atoms with van der Waals surface area (Å²) in [5.74, 6) is 0.422. The highest BCUT2D eigenvalue weighted by molar-refractivity contribution is 8.21. The monoisotopic (exact) mass is 536 g/mol. The Labute approximate surface area is 220 Å². The third-order valence-electron chi connectivity index (χ3n) is 6.49. The van der Waals surface area contributed by atoms with E-state index in [-0.39, 0.29) is 21.8 Å². The number of nitrogens with zero attached hydrogens (tertiary/aromatic N) is 1. The first-order chi connectivity index (χ1) is 17.2. The smallest absolute Gasteiger partial charge is 0.251 e. The Morgan fingerprint density at radius 1 is 1.14 bits per heavy atom. The summed E-state index contributed by atoms with van der Waals surface area (Å²) in [5.41, 5.74) is 0.642. The molecule has 2 unspecified atom stereocenters. The Kier molecular flexibility index (Phi) is 10.2. The summed E-state index contributed by atoms with van der Waals surface area (Å²) >= 11 is 3.80. The van der Waals surface area contributed by atoms with Crippen molar-refractivity contribution in [3.05, 3.63) is 35.9 Å². The normalized spacial score (nSPS) is 21.5. The molecule has 0 bridgehead atoms. The van der Waals surface area contributed by atoms with Crippen LogP contribution >= 0.6 is 23.5 Å². The maximum absolute atomic E-state index is 13.1. The molecule has 9 nitrogen and oxygen atoms in total. The van der Waals surface area contributed by atoms with E-state index < -0.39 is 36.5 Å². The standard InChI is InChI=1S/C25H36N4O5S2/c1-4-8-18(27-23(33)19-13-25(15-29(19)3)35-11-12-36-25)22(32)24(34)26-14-20(31)28-21(16(2)30)17-9-6-5-7-10-17/h5-7,9-10,18-19,21-22,32H,4,8,11-15H2,1-3H3,(H,26,34)(H,27,33)(H,28,31)/t18?,19-,21+,22?/m0/s1. The third kappa shape index (κ3) is 7.24. The summed E-state index contributed by atoms with van der Waals surface area (Å²) in [7, 11) is 1.93. The van der Waals surface area contributed by atoms with Crippen molar-refractivity contribution in [2.45, 2.75) is 61.4 Å². The van der Waals surface area contributed by atoms with Gasteiger partial charge >= 0.3 is 0 Å². The van der Waals surface area contributed by atoms with E-state index in [9.17, 15) is 24.3 Å². The fourth-order valence-electron chi connectivity index (χ4n) is 4.63. The van der Waals surface area contributed by atoms with Crippen LogP contribution in [0.25, 0.3) is 0 Å². The highest BCUT2D eigenvalue weighted by Gasteiger charge is 2.48. The van der Waals surface area contributed by atoms with Gasteiger partial charge in [-0.1, -0.05) is 43.7 Å². The molecule has 1 aromatic rings. The molecule has 2 aliphatic rings. The first-order valence-corrected chi connectivity index (χ1v) is 14.2. The predicted molar refractivity (Wildman–Crippen MR) is 143 cm³/mol. The number of benzene rings is 1. The summed E-state index contributed by atoms with van der Waals surface area (Å²) in [5, 5.41) is 18.6. The molecule has 2 aliphatic heterocycles. The fraction of sp³-hybridized carbons (Fsp3) is 0.600. The molecule has 0 radical (unpaired) electrons. The zero-order valence-corrected chi connectivity index (χ0v) is 22.6. The van der Waals surface area contributed by atoms with Crippen LogP contribution in [0.2, 0.25) is 0 Å². The zero-order chi connectivity index (χ0) is 26.3. The summed E-state index contributed by atoms with van der Waals surface area (Å²) in [6.07, 6.45) is 0.293. The van der Waals surface area contributed by atoms with Crippen molar-refractivity contribution in [3.63, 3.8) is 0 Å². The Morgan fingerprint density at radius 3 is 2.42 bits per heavy atom. The van der Waals surface area contributed by atoms with E-state index in [1.165, 1.54) is 6.92 Å². The second-order valence-electron chi connectivity index (χ2n) is 9.33. The lowest BCUT2D eigenvalue weighted by atomic mass is 10.0. The van der Waals surface area contributed by atoms with Crippen LogP contribution in [-0.4, -0.2) is 87.4 Å². The second-order valence-corrected chi connectivity index (χ2v) is 12.5. The minimum absolute atomic E-state index is 0.0395. The van der Waals surface area contributed by atoms with Crippen molar-refractivity contribution < 1.29 is 24.3 Å². The lowest BCUT2D eigenvalue weighted by molar-refractivity contribution is -0.135. The number of ketones is 1. The molecule has 0 saturated carbocycles. The van der Waals surface area contributed by atoms with E-state index in [0.29, 0.717) is 18.4 Å². The minimum Gasteiger partial charge on any atom is -0.381 e. The second kappa shape index (κ2) is 12.9. The van der Waals surface area contributed by atoms with E-state index in [1.807, 2.05) is 48.5 Å². The van der Waals surface area contributed by atoms with Crippen molar-refractivity contribution in [2.75, 3.05) is 31.6 Å². The van der Waals surface area contributed by atoms with E-state index in [4.69, 9.17) is 0 Å². The molecule has 198 valence electrons. The van der Waals surface area contributed by atoms with E-state index in [0.717, 1.165) is 24.5 Å². The van der Waals surface area contributed by atoms with Crippen molar-refractivity contribution in [1.82, 2.24) is 20.9 Å². The summed E-state index contributed by atoms with van der Waals surface area (Å²) in [6, 6.07) is 6.92. The quantitative estimate of drug-likeness (QED) is 0.331. The molecule has 4 atom stereocenters. The molecule has 0 aromatic heterocycles. The number of likely N-dealkylation sites (N-methyl/N-ethyl adjacent to an activating group) is 1. The molecule has 36 heavy (non-hydrogen) atoms. The first-order valence-electron chi connectivity index (χ1n) is 12.2. The van der Waals surface area contributed by atoms with E-state index in [2.05, 4.69) is 16.0 Å². The highest BCUT2D eigenvalue weighted by Crippen LogP contribution is 2.51. The predicted octanol–water partition coefficient (Wildman–Crippen LogP) is 1.08. The third-order valence-corrected chi connectivity index (χ3v) is 9.91. The van der Waals surface area contributed by atoms with Gasteiger partial charge in [0.1, 0.15) is 6.04 Å². The number of likely N-dealkylation sites (tertiary alicyclic amines) is 1. The zero-order valence-electron chi connectivity index (χ0n) is 21.0. The number of Topliss-reactive ketones (excluding diaryl/α,β-unsaturated/α-hetero) is 1. The number of carbonyl (C=O) groups is 4. The van der Waals surface area contributed by atoms with Crippen LogP contribution in [0.15, 0.2) is 30.3 Å². The number of nitrogens with one attached hydrogen (secondary N) is 3. The number of aliphatic hydroxyl groups is 1. The molecule has 4 N–H and O–H groups in total. The maximum Gasteiger partial charge on any atom is 0.251 e. The molecule has 2 fully saturated rings. The SMILES string of the molecule is CCCC(NC(=O)[C@@H]1CC2(CN1C)SCCS2)C(O)C(=O)NCC(=O)N[C@H](C(C)=O)c1ccccc1. The maximum atomic E-state index is 13.1. The molecule has 2 heterocycles. The number of rotatable bonds is 11. The largest absolute Gasteiger partial charge is 0.381 e. The Morgan fingerprint density at radius 2 is 1.81 bits per heavy atom. The number of amides is 3. The molecule has 2 saturated heterocycles. The average Bonchev–Trinajstić information content (AvgIpc) is 3.45. The van der Waals surface area contributed by atoms with Gasteiger partial charge in [-0.05, 0) is 32.4 Å². The van der Waals surface area contributed by atoms with Gasteiger partial charge in [0.2, 0.25) is 11.8 Å². The van der Waals surface area contributed by atoms with Gasteiger partial charge in [-0.15, -0.1) is 23.5 Å². The van der Waals surface area contributed by atoms with Crippen molar-refractivity contribution in [1.29, 1.82) is 0 Å². The van der Waals surface area contributed by atoms with Crippen LogP contribution in [0, 0.1) is 0 Å². The van der Waals surface area contributed by atoms with Gasteiger partial charge in [0.25, 0.3) is 5.91 Å². The van der Waals surface area contributed by atoms with Gasteiger partial charge in [-0.25, -0.2) is 0 Å². The molecule has 1 aromatic carbocycles. The van der Waals surface area contributed by atoms with Gasteiger partial charge in [-0.2, -0.15) is 0 Å². The Hall–Kier alpha value is -2.08. The number of hydrogen-bond donors (Lipinski definition) is 4. The van der Waals surface area contributed by atoms with Crippen LogP contribution < -0.4 is 16.0 Å². The number of hydrogen-bond acceptors (Lipinski definition) is 8. The van der Waals surface area contributed by atoms with Crippen LogP contribution in [-0.2, 0) is 19.2 Å². The number of aliphatic hydroxyl groups excluding tert-OH is 1. The van der Waals surface area contributed by atoms with Crippen molar-refractivity contribution >= 4 is 47.0 Å². The van der Waals surface area contributed by atoms with Gasteiger partial charge in [-0.3, -0.25) is 24.1 Å². The van der Waals surface area contributed by atoms with Gasteiger partial charge in [0, 0.05) is 18.1 Å². The summed E-state index contributed by atoms with van der Waals surface area (Å²) < 4.78 is 0.0395. The summed E-state index contributed by atoms with van der Waals surface area (Å²) in [6.45, 7) is 3.71. The van der Waals surface area contributed by atoms with Gasteiger partial charge in [0.05, 0.1) is 22.7 Å². The van der Waals surface area contributed by atoms with Crippen LogP contribution in [0.5, 0.6) is 0 Å². The number of thioether (sulfide) groups is 2. The van der Waals surface area contributed by atoms with Crippen LogP contribution in [0.4, 0.5) is 0 Å². The highest BCUT2D eigenvalue weighted by atomic mass is 32.2. The van der Waals surface area contributed by atoms with E-state index in [1.54, 1.807) is 24.3 Å².